The van der Waals surface area contributed by atoms with Crippen molar-refractivity contribution in [2.45, 2.75) is 44.9 Å². The second kappa shape index (κ2) is 6.57. The Bertz CT molecular complexity index is 273. The van der Waals surface area contributed by atoms with Gasteiger partial charge in [0.1, 0.15) is 0 Å². The van der Waals surface area contributed by atoms with Gasteiger partial charge < -0.3 is 5.32 Å². The van der Waals surface area contributed by atoms with Crippen LogP contribution in [0.5, 0.6) is 0 Å². The molecule has 1 aromatic rings. The normalized spacial score (nSPS) is 18.8. The van der Waals surface area contributed by atoms with E-state index in [0.29, 0.717) is 0 Å². The molecule has 0 spiro atoms. The van der Waals surface area contributed by atoms with Crippen molar-refractivity contribution in [2.24, 2.45) is 5.92 Å². The second-order valence-corrected chi connectivity index (χ2v) is 4.96. The van der Waals surface area contributed by atoms with Crippen molar-refractivity contribution in [3.8, 4) is 0 Å². The van der Waals surface area contributed by atoms with Crippen molar-refractivity contribution in [3.63, 3.8) is 0 Å². The van der Waals surface area contributed by atoms with Gasteiger partial charge in [0.2, 0.25) is 0 Å². The monoisotopic (exact) mass is 217 g/mol. The second-order valence-electron chi connectivity index (χ2n) is 4.96. The lowest BCUT2D eigenvalue weighted by Crippen LogP contribution is -2.15. The van der Waals surface area contributed by atoms with Crippen LogP contribution in [-0.2, 0) is 0 Å². The van der Waals surface area contributed by atoms with Crippen molar-refractivity contribution in [2.75, 3.05) is 11.9 Å². The first kappa shape index (κ1) is 11.5. The van der Waals surface area contributed by atoms with Crippen LogP contribution in [0.4, 0.5) is 5.69 Å². The number of hydrogen-bond acceptors (Lipinski definition) is 1. The zero-order valence-corrected chi connectivity index (χ0v) is 10.1. The smallest absolute Gasteiger partial charge is 0.0340 e. The van der Waals surface area contributed by atoms with Gasteiger partial charge in [-0.3, -0.25) is 0 Å². The van der Waals surface area contributed by atoms with E-state index in [0.717, 1.165) is 12.5 Å². The van der Waals surface area contributed by atoms with E-state index in [1.54, 1.807) is 0 Å². The maximum atomic E-state index is 3.56. The van der Waals surface area contributed by atoms with Gasteiger partial charge in [-0.1, -0.05) is 50.3 Å². The number of para-hydroxylation sites is 1. The summed E-state index contributed by atoms with van der Waals surface area (Å²) in [6.45, 7) is 1.16. The van der Waals surface area contributed by atoms with Gasteiger partial charge in [-0.25, -0.2) is 0 Å². The first-order chi connectivity index (χ1) is 7.95. The lowest BCUT2D eigenvalue weighted by Gasteiger charge is -2.20. The van der Waals surface area contributed by atoms with Crippen LogP contribution in [0.2, 0.25) is 0 Å². The Kier molecular flexibility index (Phi) is 4.72. The van der Waals surface area contributed by atoms with Crippen LogP contribution in [0.25, 0.3) is 0 Å². The van der Waals surface area contributed by atoms with Gasteiger partial charge in [-0.2, -0.15) is 0 Å². The third kappa shape index (κ3) is 3.88. The fourth-order valence-electron chi connectivity index (χ4n) is 2.56. The highest BCUT2D eigenvalue weighted by molar-refractivity contribution is 5.42. The first-order valence-electron chi connectivity index (χ1n) is 6.74. The number of hydrogen-bond donors (Lipinski definition) is 1. The molecule has 1 aromatic carbocycles. The molecule has 16 heavy (non-hydrogen) atoms. The fraction of sp³-hybridized carbons (Fsp3) is 0.600. The molecule has 1 fully saturated rings. The molecule has 0 heterocycles. The van der Waals surface area contributed by atoms with E-state index < -0.39 is 0 Å². The van der Waals surface area contributed by atoms with Gasteiger partial charge in [-0.05, 0) is 30.9 Å². The number of rotatable bonds is 3. The maximum absolute atomic E-state index is 3.56. The molecule has 0 atom stereocenters. The molecule has 0 aliphatic heterocycles. The summed E-state index contributed by atoms with van der Waals surface area (Å²) in [6.07, 6.45) is 10.0. The number of benzene rings is 1. The summed E-state index contributed by atoms with van der Waals surface area (Å²) in [5.41, 5.74) is 1.27. The Balaban J connectivity index is 1.75. The average Bonchev–Trinajstić information content (AvgIpc) is 2.29. The van der Waals surface area contributed by atoms with Gasteiger partial charge in [0, 0.05) is 12.2 Å². The van der Waals surface area contributed by atoms with Crippen LogP contribution < -0.4 is 5.32 Å². The minimum Gasteiger partial charge on any atom is -0.385 e. The van der Waals surface area contributed by atoms with Gasteiger partial charge in [0.05, 0.1) is 0 Å². The van der Waals surface area contributed by atoms with E-state index >= 15 is 0 Å². The largest absolute Gasteiger partial charge is 0.385 e. The highest BCUT2D eigenvalue weighted by Crippen LogP contribution is 2.22. The lowest BCUT2D eigenvalue weighted by atomic mass is 9.91. The van der Waals surface area contributed by atoms with E-state index in [2.05, 4.69) is 35.6 Å². The van der Waals surface area contributed by atoms with Crippen molar-refractivity contribution < 1.29 is 0 Å². The van der Waals surface area contributed by atoms with Crippen molar-refractivity contribution >= 4 is 5.69 Å². The van der Waals surface area contributed by atoms with E-state index in [1.165, 1.54) is 50.6 Å². The summed E-state index contributed by atoms with van der Waals surface area (Å²) in [6, 6.07) is 10.6. The fourth-order valence-corrected chi connectivity index (χ4v) is 2.56. The molecule has 1 aliphatic rings. The predicted octanol–water partition coefficient (Wildman–Crippen LogP) is 4.46. The summed E-state index contributed by atoms with van der Waals surface area (Å²) in [4.78, 5) is 0. The zero-order valence-electron chi connectivity index (χ0n) is 10.1. The van der Waals surface area contributed by atoms with Crippen molar-refractivity contribution in [1.82, 2.24) is 0 Å². The standard InChI is InChI=1S/C15H23N/c1-2-5-9-14(10-6-3-1)13-16-15-11-7-4-8-12-15/h4,7-8,11-12,14,16H,1-3,5-6,9-10,13H2. The van der Waals surface area contributed by atoms with Crippen LogP contribution in [-0.4, -0.2) is 6.54 Å². The number of nitrogens with one attached hydrogen (secondary N) is 1. The van der Waals surface area contributed by atoms with E-state index in [1.807, 2.05) is 0 Å². The zero-order chi connectivity index (χ0) is 11.1. The highest BCUT2D eigenvalue weighted by Gasteiger charge is 2.10. The molecular formula is C15H23N. The summed E-state index contributed by atoms with van der Waals surface area (Å²) in [5.74, 6) is 0.889. The topological polar surface area (TPSA) is 12.0 Å². The highest BCUT2D eigenvalue weighted by atomic mass is 14.9. The van der Waals surface area contributed by atoms with E-state index in [4.69, 9.17) is 0 Å². The average molecular weight is 217 g/mol. The molecule has 0 saturated heterocycles. The van der Waals surface area contributed by atoms with Crippen LogP contribution in [0.1, 0.15) is 44.9 Å². The minimum atomic E-state index is 0.889. The molecule has 1 saturated carbocycles. The maximum Gasteiger partial charge on any atom is 0.0340 e. The Hall–Kier alpha value is -0.980. The van der Waals surface area contributed by atoms with Gasteiger partial charge in [0.25, 0.3) is 0 Å². The van der Waals surface area contributed by atoms with E-state index in [-0.39, 0.29) is 0 Å². The summed E-state index contributed by atoms with van der Waals surface area (Å²) < 4.78 is 0. The molecule has 1 aliphatic carbocycles. The van der Waals surface area contributed by atoms with Gasteiger partial charge >= 0.3 is 0 Å². The van der Waals surface area contributed by atoms with Crippen molar-refractivity contribution in [1.29, 1.82) is 0 Å². The lowest BCUT2D eigenvalue weighted by molar-refractivity contribution is 0.392. The summed E-state index contributed by atoms with van der Waals surface area (Å²) >= 11 is 0. The third-order valence-electron chi connectivity index (χ3n) is 3.59. The predicted molar refractivity (Wildman–Crippen MR) is 70.7 cm³/mol. The molecule has 88 valence electrons. The first-order valence-corrected chi connectivity index (χ1v) is 6.74. The van der Waals surface area contributed by atoms with E-state index in [9.17, 15) is 0 Å². The summed E-state index contributed by atoms with van der Waals surface area (Å²) in [5, 5.41) is 3.56. The SMILES string of the molecule is c1ccc(NCC2CCCCCCC2)cc1. The minimum absolute atomic E-state index is 0.889. The van der Waals surface area contributed by atoms with Crippen LogP contribution in [0.3, 0.4) is 0 Å². The summed E-state index contributed by atoms with van der Waals surface area (Å²) in [7, 11) is 0. The molecule has 0 bridgehead atoms. The van der Waals surface area contributed by atoms with Gasteiger partial charge in [0.15, 0.2) is 0 Å². The Morgan fingerprint density at radius 2 is 1.50 bits per heavy atom. The van der Waals surface area contributed by atoms with Gasteiger partial charge in [-0.15, -0.1) is 0 Å². The molecule has 0 aromatic heterocycles. The Morgan fingerprint density at radius 1 is 0.875 bits per heavy atom. The van der Waals surface area contributed by atoms with Crippen LogP contribution in [0.15, 0.2) is 30.3 Å². The van der Waals surface area contributed by atoms with Crippen molar-refractivity contribution in [3.05, 3.63) is 30.3 Å². The molecule has 0 radical (unpaired) electrons. The molecular weight excluding hydrogens is 194 g/mol. The Labute approximate surface area is 99.3 Å². The van der Waals surface area contributed by atoms with Crippen LogP contribution in [0, 0.1) is 5.92 Å². The molecule has 1 heteroatoms. The number of anilines is 1. The third-order valence-corrected chi connectivity index (χ3v) is 3.59. The molecule has 0 unspecified atom stereocenters. The molecule has 2 rings (SSSR count). The molecule has 1 nitrogen and oxygen atoms in total. The molecule has 0 amide bonds. The molecule has 1 N–H and O–H groups in total. The van der Waals surface area contributed by atoms with Crippen LogP contribution >= 0.6 is 0 Å². The quantitative estimate of drug-likeness (QED) is 0.788. The Morgan fingerprint density at radius 3 is 2.19 bits per heavy atom.